The van der Waals surface area contributed by atoms with Gasteiger partial charge in [0.1, 0.15) is 5.69 Å². The second kappa shape index (κ2) is 7.76. The Bertz CT molecular complexity index is 519. The molecule has 1 aliphatic heterocycles. The molecule has 2 rings (SSSR count). The molecule has 1 aromatic rings. The molecule has 6 nitrogen and oxygen atoms in total. The molecule has 7 heteroatoms. The third-order valence-corrected chi connectivity index (χ3v) is 4.47. The van der Waals surface area contributed by atoms with Crippen LogP contribution in [0.15, 0.2) is 18.2 Å². The van der Waals surface area contributed by atoms with Crippen molar-refractivity contribution in [3.63, 3.8) is 0 Å². The molecule has 122 valence electrons. The molecule has 1 fully saturated rings. The van der Waals surface area contributed by atoms with Crippen molar-refractivity contribution in [1.82, 2.24) is 4.90 Å². The van der Waals surface area contributed by atoms with Gasteiger partial charge in [0.25, 0.3) is 5.69 Å². The number of rotatable bonds is 6. The molecule has 0 atom stereocenters. The van der Waals surface area contributed by atoms with E-state index < -0.39 is 0 Å². The lowest BCUT2D eigenvalue weighted by Crippen LogP contribution is -2.44. The second-order valence-electron chi connectivity index (χ2n) is 5.67. The standard InChI is InChI=1S/C15H22ClN3O3/c1-17(7-2-10-20)13-5-8-18(9-6-13)14-4-3-12(16)11-15(14)19(21)22/h3-4,11,13,20H,2,5-10H2,1H3. The minimum absolute atomic E-state index is 0.0691. The molecule has 0 unspecified atom stereocenters. The Hall–Kier alpha value is -1.37. The van der Waals surface area contributed by atoms with Crippen LogP contribution in [-0.2, 0) is 0 Å². The van der Waals surface area contributed by atoms with Gasteiger partial charge in [0.15, 0.2) is 0 Å². The van der Waals surface area contributed by atoms with Crippen LogP contribution < -0.4 is 4.90 Å². The molecule has 0 amide bonds. The molecule has 22 heavy (non-hydrogen) atoms. The van der Waals surface area contributed by atoms with Gasteiger partial charge in [-0.2, -0.15) is 0 Å². The SMILES string of the molecule is CN(CCCO)C1CCN(c2ccc(Cl)cc2[N+](=O)[O-])CC1. The lowest BCUT2D eigenvalue weighted by molar-refractivity contribution is -0.384. The Kier molecular flexibility index (Phi) is 5.99. The van der Waals surface area contributed by atoms with Gasteiger partial charge in [-0.15, -0.1) is 0 Å². The van der Waals surface area contributed by atoms with Crippen LogP contribution in [0.1, 0.15) is 19.3 Å². The summed E-state index contributed by atoms with van der Waals surface area (Å²) in [5, 5.41) is 20.5. The average molecular weight is 328 g/mol. The second-order valence-corrected chi connectivity index (χ2v) is 6.10. The van der Waals surface area contributed by atoms with Crippen molar-refractivity contribution in [3.05, 3.63) is 33.3 Å². The molecule has 1 saturated heterocycles. The Labute approximate surface area is 135 Å². The number of piperidine rings is 1. The van der Waals surface area contributed by atoms with Crippen LogP contribution in [0.3, 0.4) is 0 Å². The fraction of sp³-hybridized carbons (Fsp3) is 0.600. The lowest BCUT2D eigenvalue weighted by atomic mass is 10.0. The van der Waals surface area contributed by atoms with Gasteiger partial charge in [-0.25, -0.2) is 0 Å². The van der Waals surface area contributed by atoms with E-state index in [0.717, 1.165) is 38.9 Å². The van der Waals surface area contributed by atoms with Gasteiger partial charge in [0.05, 0.1) is 4.92 Å². The number of halogens is 1. The molecule has 0 aliphatic carbocycles. The van der Waals surface area contributed by atoms with Crippen LogP contribution in [0.5, 0.6) is 0 Å². The van der Waals surface area contributed by atoms with Crippen LogP contribution in [0.2, 0.25) is 5.02 Å². The summed E-state index contributed by atoms with van der Waals surface area (Å²) in [4.78, 5) is 15.1. The van der Waals surface area contributed by atoms with Crippen LogP contribution in [0.25, 0.3) is 0 Å². The fourth-order valence-electron chi connectivity index (χ4n) is 2.96. The number of benzene rings is 1. The normalized spacial score (nSPS) is 16.3. The summed E-state index contributed by atoms with van der Waals surface area (Å²) in [6.45, 7) is 2.66. The molecular weight excluding hydrogens is 306 g/mol. The summed E-state index contributed by atoms with van der Waals surface area (Å²) >= 11 is 5.86. The Balaban J connectivity index is 2.01. The maximum atomic E-state index is 11.2. The highest BCUT2D eigenvalue weighted by molar-refractivity contribution is 6.30. The van der Waals surface area contributed by atoms with Gasteiger partial charge in [0.2, 0.25) is 0 Å². The van der Waals surface area contributed by atoms with E-state index in [1.54, 1.807) is 12.1 Å². The van der Waals surface area contributed by atoms with Crippen LogP contribution in [0, 0.1) is 10.1 Å². The zero-order valence-corrected chi connectivity index (χ0v) is 13.5. The van der Waals surface area contributed by atoms with Crippen molar-refractivity contribution in [1.29, 1.82) is 0 Å². The number of hydrogen-bond acceptors (Lipinski definition) is 5. The van der Waals surface area contributed by atoms with Crippen molar-refractivity contribution < 1.29 is 10.0 Å². The highest BCUT2D eigenvalue weighted by Gasteiger charge is 2.26. The Morgan fingerprint density at radius 2 is 2.14 bits per heavy atom. The molecule has 0 radical (unpaired) electrons. The van der Waals surface area contributed by atoms with Crippen molar-refractivity contribution in [2.75, 3.05) is 38.2 Å². The number of nitro benzene ring substituents is 1. The minimum atomic E-state index is -0.374. The summed E-state index contributed by atoms with van der Waals surface area (Å²) in [5.41, 5.74) is 0.713. The van der Waals surface area contributed by atoms with Gasteiger partial charge in [-0.05, 0) is 38.4 Å². The zero-order valence-electron chi connectivity index (χ0n) is 12.7. The third-order valence-electron chi connectivity index (χ3n) is 4.23. The van der Waals surface area contributed by atoms with E-state index >= 15 is 0 Å². The van der Waals surface area contributed by atoms with Crippen LogP contribution in [-0.4, -0.2) is 54.3 Å². The van der Waals surface area contributed by atoms with E-state index in [4.69, 9.17) is 16.7 Å². The molecule has 0 aromatic heterocycles. The largest absolute Gasteiger partial charge is 0.396 e. The first-order valence-electron chi connectivity index (χ1n) is 7.53. The molecule has 1 heterocycles. The van der Waals surface area contributed by atoms with Gasteiger partial charge in [0, 0.05) is 43.4 Å². The summed E-state index contributed by atoms with van der Waals surface area (Å²) in [6, 6.07) is 5.31. The predicted molar refractivity (Wildman–Crippen MR) is 87.7 cm³/mol. The summed E-state index contributed by atoms with van der Waals surface area (Å²) in [7, 11) is 2.07. The topological polar surface area (TPSA) is 69.8 Å². The summed E-state index contributed by atoms with van der Waals surface area (Å²) < 4.78 is 0. The van der Waals surface area contributed by atoms with Crippen LogP contribution >= 0.6 is 11.6 Å². The number of aliphatic hydroxyl groups excluding tert-OH is 1. The Morgan fingerprint density at radius 3 is 2.73 bits per heavy atom. The lowest BCUT2D eigenvalue weighted by Gasteiger charge is -2.37. The van der Waals surface area contributed by atoms with Gasteiger partial charge in [-0.1, -0.05) is 11.6 Å². The van der Waals surface area contributed by atoms with E-state index in [1.807, 2.05) is 0 Å². The monoisotopic (exact) mass is 327 g/mol. The summed E-state index contributed by atoms with van der Waals surface area (Å²) in [6.07, 6.45) is 2.70. The number of anilines is 1. The first-order chi connectivity index (χ1) is 10.5. The molecule has 1 aliphatic rings. The maximum Gasteiger partial charge on any atom is 0.294 e. The smallest absolute Gasteiger partial charge is 0.294 e. The molecule has 0 saturated carbocycles. The van der Waals surface area contributed by atoms with E-state index in [1.165, 1.54) is 6.07 Å². The molecule has 0 spiro atoms. The van der Waals surface area contributed by atoms with E-state index in [2.05, 4.69) is 16.8 Å². The molecular formula is C15H22ClN3O3. The van der Waals surface area contributed by atoms with Crippen molar-refractivity contribution in [3.8, 4) is 0 Å². The maximum absolute atomic E-state index is 11.2. The first kappa shape index (κ1) is 17.0. The number of nitro groups is 1. The van der Waals surface area contributed by atoms with E-state index in [0.29, 0.717) is 16.8 Å². The third kappa shape index (κ3) is 4.09. The molecule has 1 aromatic carbocycles. The number of nitrogens with zero attached hydrogens (tertiary/aromatic N) is 3. The highest BCUT2D eigenvalue weighted by atomic mass is 35.5. The molecule has 1 N–H and O–H groups in total. The van der Waals surface area contributed by atoms with Crippen LogP contribution in [0.4, 0.5) is 11.4 Å². The van der Waals surface area contributed by atoms with E-state index in [-0.39, 0.29) is 17.2 Å². The van der Waals surface area contributed by atoms with Gasteiger partial charge >= 0.3 is 0 Å². The van der Waals surface area contributed by atoms with Crippen molar-refractivity contribution in [2.45, 2.75) is 25.3 Å². The quantitative estimate of drug-likeness (QED) is 0.642. The Morgan fingerprint density at radius 1 is 1.45 bits per heavy atom. The highest BCUT2D eigenvalue weighted by Crippen LogP contribution is 2.33. The fourth-order valence-corrected chi connectivity index (χ4v) is 3.13. The predicted octanol–water partition coefficient (Wildman–Crippen LogP) is 2.53. The number of aliphatic hydroxyl groups is 1. The number of hydrogen-bond donors (Lipinski definition) is 1. The van der Waals surface area contributed by atoms with Crippen molar-refractivity contribution >= 4 is 23.0 Å². The average Bonchev–Trinajstić information content (AvgIpc) is 2.52. The van der Waals surface area contributed by atoms with Crippen molar-refractivity contribution in [2.24, 2.45) is 0 Å². The van der Waals surface area contributed by atoms with E-state index in [9.17, 15) is 10.1 Å². The minimum Gasteiger partial charge on any atom is -0.396 e. The van der Waals surface area contributed by atoms with Gasteiger partial charge in [-0.3, -0.25) is 10.1 Å². The zero-order chi connectivity index (χ0) is 16.1. The van der Waals surface area contributed by atoms with Gasteiger partial charge < -0.3 is 14.9 Å². The molecule has 0 bridgehead atoms. The summed E-state index contributed by atoms with van der Waals surface area (Å²) in [5.74, 6) is 0. The first-order valence-corrected chi connectivity index (χ1v) is 7.90.